The van der Waals surface area contributed by atoms with E-state index in [1.54, 1.807) is 0 Å². The normalized spacial score (nSPS) is 15.6. The molecule has 0 amide bonds. The van der Waals surface area contributed by atoms with Gasteiger partial charge in [0, 0.05) is 31.2 Å². The average molecular weight is 357 g/mol. The van der Waals surface area contributed by atoms with Crippen LogP contribution in [0.4, 0.5) is 0 Å². The second-order valence-electron chi connectivity index (χ2n) is 7.32. The number of hydrogen-bond acceptors (Lipinski definition) is 2. The SMILES string of the molecule is NCc1ccc(CN(Cc2ccc(Cl)cc2)CC2CCCCC2)cc1. The first kappa shape index (κ1) is 18.4. The van der Waals surface area contributed by atoms with Gasteiger partial charge in [-0.2, -0.15) is 0 Å². The van der Waals surface area contributed by atoms with E-state index in [-0.39, 0.29) is 0 Å². The van der Waals surface area contributed by atoms with Gasteiger partial charge in [0.15, 0.2) is 0 Å². The number of rotatable bonds is 7. The first-order valence-corrected chi connectivity index (χ1v) is 9.85. The Morgan fingerprint density at radius 2 is 1.32 bits per heavy atom. The minimum absolute atomic E-state index is 0.608. The molecule has 3 rings (SSSR count). The molecule has 1 saturated carbocycles. The highest BCUT2D eigenvalue weighted by atomic mass is 35.5. The maximum atomic E-state index is 6.04. The molecule has 2 aromatic rings. The van der Waals surface area contributed by atoms with Crippen LogP contribution >= 0.6 is 11.6 Å². The van der Waals surface area contributed by atoms with Crippen molar-refractivity contribution in [2.75, 3.05) is 6.54 Å². The summed E-state index contributed by atoms with van der Waals surface area (Å²) in [5, 5.41) is 0.806. The van der Waals surface area contributed by atoms with E-state index >= 15 is 0 Å². The number of halogens is 1. The third-order valence-electron chi connectivity index (χ3n) is 5.23. The van der Waals surface area contributed by atoms with Gasteiger partial charge in [-0.15, -0.1) is 0 Å². The fourth-order valence-electron chi connectivity index (χ4n) is 3.81. The van der Waals surface area contributed by atoms with Crippen molar-refractivity contribution in [2.24, 2.45) is 11.7 Å². The summed E-state index contributed by atoms with van der Waals surface area (Å²) in [5.41, 5.74) is 9.61. The zero-order valence-electron chi connectivity index (χ0n) is 15.0. The number of nitrogens with two attached hydrogens (primary N) is 1. The van der Waals surface area contributed by atoms with Gasteiger partial charge >= 0.3 is 0 Å². The molecule has 1 aliphatic rings. The molecule has 2 nitrogen and oxygen atoms in total. The minimum atomic E-state index is 0.608. The van der Waals surface area contributed by atoms with Crippen LogP contribution in [0.1, 0.15) is 48.8 Å². The Morgan fingerprint density at radius 1 is 0.800 bits per heavy atom. The molecule has 0 atom stereocenters. The largest absolute Gasteiger partial charge is 0.326 e. The van der Waals surface area contributed by atoms with Gasteiger partial charge in [0.25, 0.3) is 0 Å². The molecule has 3 heteroatoms. The second-order valence-corrected chi connectivity index (χ2v) is 7.76. The highest BCUT2D eigenvalue weighted by molar-refractivity contribution is 6.30. The maximum Gasteiger partial charge on any atom is 0.0406 e. The minimum Gasteiger partial charge on any atom is -0.326 e. The topological polar surface area (TPSA) is 29.3 Å². The smallest absolute Gasteiger partial charge is 0.0406 e. The summed E-state index contributed by atoms with van der Waals surface area (Å²) < 4.78 is 0. The zero-order chi connectivity index (χ0) is 17.5. The van der Waals surface area contributed by atoms with Gasteiger partial charge in [-0.25, -0.2) is 0 Å². The summed E-state index contributed by atoms with van der Waals surface area (Å²) in [4.78, 5) is 2.59. The maximum absolute atomic E-state index is 6.04. The molecule has 2 aromatic carbocycles. The van der Waals surface area contributed by atoms with E-state index in [0.717, 1.165) is 24.0 Å². The predicted molar refractivity (Wildman–Crippen MR) is 106 cm³/mol. The molecule has 134 valence electrons. The lowest BCUT2D eigenvalue weighted by atomic mass is 9.88. The van der Waals surface area contributed by atoms with Crippen LogP contribution in [0.5, 0.6) is 0 Å². The first-order valence-electron chi connectivity index (χ1n) is 9.47. The summed E-state index contributed by atoms with van der Waals surface area (Å²) in [6.07, 6.45) is 6.95. The summed E-state index contributed by atoms with van der Waals surface area (Å²) >= 11 is 6.04. The third-order valence-corrected chi connectivity index (χ3v) is 5.48. The molecule has 0 radical (unpaired) electrons. The Bertz CT molecular complexity index is 630. The van der Waals surface area contributed by atoms with Crippen LogP contribution in [0.25, 0.3) is 0 Å². The van der Waals surface area contributed by atoms with E-state index < -0.39 is 0 Å². The highest BCUT2D eigenvalue weighted by Crippen LogP contribution is 2.26. The molecular formula is C22H29ClN2. The van der Waals surface area contributed by atoms with Crippen molar-refractivity contribution in [1.82, 2.24) is 4.90 Å². The first-order chi connectivity index (χ1) is 12.2. The Morgan fingerprint density at radius 3 is 1.88 bits per heavy atom. The van der Waals surface area contributed by atoms with Gasteiger partial charge < -0.3 is 5.73 Å². The Balaban J connectivity index is 1.68. The Kier molecular flexibility index (Phi) is 6.92. The van der Waals surface area contributed by atoms with Crippen LogP contribution in [0.2, 0.25) is 5.02 Å². The van der Waals surface area contributed by atoms with Crippen LogP contribution in [-0.2, 0) is 19.6 Å². The molecule has 0 heterocycles. The molecule has 1 fully saturated rings. The monoisotopic (exact) mass is 356 g/mol. The number of nitrogens with zero attached hydrogens (tertiary/aromatic N) is 1. The highest BCUT2D eigenvalue weighted by Gasteiger charge is 2.18. The quantitative estimate of drug-likeness (QED) is 0.721. The van der Waals surface area contributed by atoms with Gasteiger partial charge in [-0.05, 0) is 47.6 Å². The summed E-state index contributed by atoms with van der Waals surface area (Å²) in [6, 6.07) is 17.0. The van der Waals surface area contributed by atoms with Gasteiger partial charge in [0.1, 0.15) is 0 Å². The summed E-state index contributed by atoms with van der Waals surface area (Å²) in [6.45, 7) is 3.76. The Labute approximate surface area is 157 Å². The predicted octanol–water partition coefficient (Wildman–Crippen LogP) is 5.38. The van der Waals surface area contributed by atoms with Crippen LogP contribution < -0.4 is 5.73 Å². The van der Waals surface area contributed by atoms with Crippen LogP contribution in [0, 0.1) is 5.92 Å². The van der Waals surface area contributed by atoms with E-state index in [1.165, 1.54) is 55.3 Å². The van der Waals surface area contributed by atoms with Crippen molar-refractivity contribution in [2.45, 2.75) is 51.7 Å². The third kappa shape index (κ3) is 5.85. The van der Waals surface area contributed by atoms with Crippen LogP contribution in [-0.4, -0.2) is 11.4 Å². The molecule has 0 unspecified atom stereocenters. The molecule has 0 saturated heterocycles. The van der Waals surface area contributed by atoms with Gasteiger partial charge in [0.05, 0.1) is 0 Å². The fraction of sp³-hybridized carbons (Fsp3) is 0.455. The van der Waals surface area contributed by atoms with Crippen molar-refractivity contribution in [3.8, 4) is 0 Å². The number of benzene rings is 2. The van der Waals surface area contributed by atoms with Crippen molar-refractivity contribution < 1.29 is 0 Å². The molecule has 1 aliphatic carbocycles. The molecule has 0 aliphatic heterocycles. The lowest BCUT2D eigenvalue weighted by molar-refractivity contribution is 0.187. The molecular weight excluding hydrogens is 328 g/mol. The lowest BCUT2D eigenvalue weighted by Crippen LogP contribution is -2.30. The van der Waals surface area contributed by atoms with E-state index in [9.17, 15) is 0 Å². The number of hydrogen-bond donors (Lipinski definition) is 1. The van der Waals surface area contributed by atoms with Crippen LogP contribution in [0.3, 0.4) is 0 Å². The lowest BCUT2D eigenvalue weighted by Gasteiger charge is -2.30. The van der Waals surface area contributed by atoms with Crippen LogP contribution in [0.15, 0.2) is 48.5 Å². The van der Waals surface area contributed by atoms with Crippen molar-refractivity contribution in [1.29, 1.82) is 0 Å². The zero-order valence-corrected chi connectivity index (χ0v) is 15.7. The van der Waals surface area contributed by atoms with Gasteiger partial charge in [0.2, 0.25) is 0 Å². The molecule has 2 N–H and O–H groups in total. The van der Waals surface area contributed by atoms with Gasteiger partial charge in [-0.3, -0.25) is 4.90 Å². The molecule has 25 heavy (non-hydrogen) atoms. The average Bonchev–Trinajstić information content (AvgIpc) is 2.65. The summed E-state index contributed by atoms with van der Waals surface area (Å²) in [5.74, 6) is 0.837. The van der Waals surface area contributed by atoms with E-state index in [0.29, 0.717) is 6.54 Å². The van der Waals surface area contributed by atoms with E-state index in [4.69, 9.17) is 17.3 Å². The van der Waals surface area contributed by atoms with Crippen molar-refractivity contribution in [3.05, 3.63) is 70.2 Å². The van der Waals surface area contributed by atoms with E-state index in [2.05, 4.69) is 41.3 Å². The summed E-state index contributed by atoms with van der Waals surface area (Å²) in [7, 11) is 0. The molecule has 0 spiro atoms. The van der Waals surface area contributed by atoms with Crippen molar-refractivity contribution in [3.63, 3.8) is 0 Å². The molecule has 0 aromatic heterocycles. The standard InChI is InChI=1S/C22H29ClN2/c23-22-12-10-21(11-13-22)17-25(15-19-4-2-1-3-5-19)16-20-8-6-18(14-24)7-9-20/h6-13,19H,1-5,14-17,24H2. The Hall–Kier alpha value is -1.35. The van der Waals surface area contributed by atoms with E-state index in [1.807, 2.05) is 12.1 Å². The second kappa shape index (κ2) is 9.38. The molecule has 0 bridgehead atoms. The van der Waals surface area contributed by atoms with Crippen molar-refractivity contribution >= 4 is 11.6 Å². The fourth-order valence-corrected chi connectivity index (χ4v) is 3.93. The van der Waals surface area contributed by atoms with Gasteiger partial charge in [-0.1, -0.05) is 67.3 Å².